The summed E-state index contributed by atoms with van der Waals surface area (Å²) in [5.74, 6) is -0.0300. The van der Waals surface area contributed by atoms with Gasteiger partial charge < -0.3 is 10.6 Å². The van der Waals surface area contributed by atoms with Crippen LogP contribution in [0.1, 0.15) is 39.8 Å². The molecule has 18 heavy (non-hydrogen) atoms. The van der Waals surface area contributed by atoms with E-state index in [1.54, 1.807) is 10.9 Å². The molecule has 1 aromatic heterocycles. The van der Waals surface area contributed by atoms with Gasteiger partial charge in [0.05, 0.1) is 11.9 Å². The lowest BCUT2D eigenvalue weighted by atomic mass is 10.2. The number of hydrogen-bond acceptors (Lipinski definition) is 4. The second-order valence-corrected chi connectivity index (χ2v) is 4.82. The third-order valence-corrected chi connectivity index (χ3v) is 2.60. The molecule has 6 heteroatoms. The van der Waals surface area contributed by atoms with Gasteiger partial charge in [0, 0.05) is 18.6 Å². The van der Waals surface area contributed by atoms with Gasteiger partial charge in [-0.15, -0.1) is 5.10 Å². The largest absolute Gasteiger partial charge is 0.352 e. The van der Waals surface area contributed by atoms with Crippen LogP contribution in [0.25, 0.3) is 0 Å². The van der Waals surface area contributed by atoms with Gasteiger partial charge in [-0.1, -0.05) is 26.0 Å². The zero-order valence-electron chi connectivity index (χ0n) is 11.6. The van der Waals surface area contributed by atoms with Crippen LogP contribution in [0.3, 0.4) is 0 Å². The van der Waals surface area contributed by atoms with Crippen molar-refractivity contribution >= 4 is 5.91 Å². The molecule has 1 amide bonds. The Morgan fingerprint density at radius 1 is 1.44 bits per heavy atom. The van der Waals surface area contributed by atoms with Gasteiger partial charge in [0.2, 0.25) is 5.91 Å². The minimum absolute atomic E-state index is 0.0300. The van der Waals surface area contributed by atoms with E-state index in [4.69, 9.17) is 0 Å². The molecule has 1 atom stereocenters. The fraction of sp³-hybridized carbons (Fsp3) is 0.750. The maximum absolute atomic E-state index is 11.6. The molecule has 1 rings (SSSR count). The monoisotopic (exact) mass is 253 g/mol. The van der Waals surface area contributed by atoms with E-state index in [9.17, 15) is 4.79 Å². The summed E-state index contributed by atoms with van der Waals surface area (Å²) in [6, 6.07) is 0.604. The number of carbonyl (C=O) groups is 1. The molecule has 1 aromatic rings. The summed E-state index contributed by atoms with van der Waals surface area (Å²) in [5, 5.41) is 14.1. The quantitative estimate of drug-likeness (QED) is 0.750. The van der Waals surface area contributed by atoms with E-state index in [-0.39, 0.29) is 18.5 Å². The number of nitrogens with one attached hydrogen (secondary N) is 2. The SMILES string of the molecule is CCC(C)NC(=O)Cn1cc(CNC(C)C)nn1. The average Bonchev–Trinajstić information content (AvgIpc) is 2.73. The molecule has 0 aliphatic carbocycles. The molecule has 6 nitrogen and oxygen atoms in total. The first-order chi connectivity index (χ1) is 8.51. The van der Waals surface area contributed by atoms with Crippen molar-refractivity contribution in [2.75, 3.05) is 0 Å². The molecule has 0 spiro atoms. The number of carbonyl (C=O) groups excluding carboxylic acids is 1. The van der Waals surface area contributed by atoms with Gasteiger partial charge in [-0.3, -0.25) is 4.79 Å². The Balaban J connectivity index is 2.41. The van der Waals surface area contributed by atoms with Crippen LogP contribution in [-0.4, -0.2) is 33.0 Å². The molecular formula is C12H23N5O. The van der Waals surface area contributed by atoms with Crippen molar-refractivity contribution in [3.63, 3.8) is 0 Å². The minimum atomic E-state index is -0.0300. The van der Waals surface area contributed by atoms with Gasteiger partial charge in [-0.05, 0) is 13.3 Å². The van der Waals surface area contributed by atoms with E-state index in [1.807, 2.05) is 13.8 Å². The smallest absolute Gasteiger partial charge is 0.242 e. The number of aromatic nitrogens is 3. The lowest BCUT2D eigenvalue weighted by molar-refractivity contribution is -0.122. The molecule has 2 N–H and O–H groups in total. The highest BCUT2D eigenvalue weighted by Gasteiger charge is 2.08. The summed E-state index contributed by atoms with van der Waals surface area (Å²) in [6.07, 6.45) is 2.72. The van der Waals surface area contributed by atoms with Crippen LogP contribution >= 0.6 is 0 Å². The summed E-state index contributed by atoms with van der Waals surface area (Å²) in [7, 11) is 0. The molecule has 1 heterocycles. The lowest BCUT2D eigenvalue weighted by Crippen LogP contribution is -2.34. The van der Waals surface area contributed by atoms with Crippen molar-refractivity contribution in [3.05, 3.63) is 11.9 Å². The first kappa shape index (κ1) is 14.6. The Morgan fingerprint density at radius 2 is 2.17 bits per heavy atom. The lowest BCUT2D eigenvalue weighted by Gasteiger charge is -2.10. The third-order valence-electron chi connectivity index (χ3n) is 2.60. The Bertz CT molecular complexity index is 374. The van der Waals surface area contributed by atoms with Crippen molar-refractivity contribution in [2.24, 2.45) is 0 Å². The summed E-state index contributed by atoms with van der Waals surface area (Å²) in [5.41, 5.74) is 0.847. The van der Waals surface area contributed by atoms with Crippen LogP contribution in [0, 0.1) is 0 Å². The fourth-order valence-corrected chi connectivity index (χ4v) is 1.38. The van der Waals surface area contributed by atoms with E-state index < -0.39 is 0 Å². The van der Waals surface area contributed by atoms with Crippen LogP contribution in [0.15, 0.2) is 6.20 Å². The molecule has 1 unspecified atom stereocenters. The topological polar surface area (TPSA) is 71.8 Å². The minimum Gasteiger partial charge on any atom is -0.352 e. The summed E-state index contributed by atoms with van der Waals surface area (Å²) >= 11 is 0. The second kappa shape index (κ2) is 7.10. The third kappa shape index (κ3) is 5.27. The first-order valence-electron chi connectivity index (χ1n) is 6.43. The molecule has 0 saturated heterocycles. The molecule has 0 aromatic carbocycles. The van der Waals surface area contributed by atoms with E-state index in [0.29, 0.717) is 12.6 Å². The highest BCUT2D eigenvalue weighted by Crippen LogP contribution is 1.95. The molecule has 0 saturated carbocycles. The molecule has 0 aliphatic heterocycles. The van der Waals surface area contributed by atoms with Gasteiger partial charge in [-0.2, -0.15) is 0 Å². The van der Waals surface area contributed by atoms with Crippen molar-refractivity contribution in [1.82, 2.24) is 25.6 Å². The Labute approximate surface area is 108 Å². The van der Waals surface area contributed by atoms with Gasteiger partial charge in [0.25, 0.3) is 0 Å². The Kier molecular flexibility index (Phi) is 5.77. The van der Waals surface area contributed by atoms with Gasteiger partial charge in [0.1, 0.15) is 6.54 Å². The van der Waals surface area contributed by atoms with Gasteiger partial charge in [0.15, 0.2) is 0 Å². The highest BCUT2D eigenvalue weighted by atomic mass is 16.2. The summed E-state index contributed by atoms with van der Waals surface area (Å²) in [4.78, 5) is 11.6. The Morgan fingerprint density at radius 3 is 2.78 bits per heavy atom. The van der Waals surface area contributed by atoms with E-state index in [1.165, 1.54) is 0 Å². The maximum atomic E-state index is 11.6. The zero-order chi connectivity index (χ0) is 13.5. The van der Waals surface area contributed by atoms with E-state index in [0.717, 1.165) is 12.1 Å². The van der Waals surface area contributed by atoms with Crippen LogP contribution < -0.4 is 10.6 Å². The summed E-state index contributed by atoms with van der Waals surface area (Å²) in [6.45, 7) is 9.06. The predicted octanol–water partition coefficient (Wildman–Crippen LogP) is 0.691. The van der Waals surface area contributed by atoms with Crippen LogP contribution in [-0.2, 0) is 17.9 Å². The molecule has 0 fully saturated rings. The number of hydrogen-bond donors (Lipinski definition) is 2. The maximum Gasteiger partial charge on any atom is 0.242 e. The predicted molar refractivity (Wildman–Crippen MR) is 69.9 cm³/mol. The van der Waals surface area contributed by atoms with E-state index >= 15 is 0 Å². The number of rotatable bonds is 7. The Hall–Kier alpha value is -1.43. The second-order valence-electron chi connectivity index (χ2n) is 4.82. The zero-order valence-corrected chi connectivity index (χ0v) is 11.6. The van der Waals surface area contributed by atoms with Crippen LogP contribution in [0.2, 0.25) is 0 Å². The molecule has 0 bridgehead atoms. The number of amides is 1. The van der Waals surface area contributed by atoms with Gasteiger partial charge >= 0.3 is 0 Å². The van der Waals surface area contributed by atoms with Crippen molar-refractivity contribution in [2.45, 2.75) is 59.3 Å². The average molecular weight is 253 g/mol. The van der Waals surface area contributed by atoms with Crippen LogP contribution in [0.5, 0.6) is 0 Å². The summed E-state index contributed by atoms with van der Waals surface area (Å²) < 4.78 is 1.56. The highest BCUT2D eigenvalue weighted by molar-refractivity contribution is 5.75. The fourth-order valence-electron chi connectivity index (χ4n) is 1.38. The molecule has 0 radical (unpaired) electrons. The molecule has 102 valence electrons. The van der Waals surface area contributed by atoms with Gasteiger partial charge in [-0.25, -0.2) is 4.68 Å². The normalized spacial score (nSPS) is 12.7. The van der Waals surface area contributed by atoms with Crippen molar-refractivity contribution in [3.8, 4) is 0 Å². The van der Waals surface area contributed by atoms with Crippen molar-refractivity contribution < 1.29 is 4.79 Å². The molecule has 0 aliphatic rings. The van der Waals surface area contributed by atoms with Crippen molar-refractivity contribution in [1.29, 1.82) is 0 Å². The number of nitrogens with zero attached hydrogens (tertiary/aromatic N) is 3. The molecular weight excluding hydrogens is 230 g/mol. The van der Waals surface area contributed by atoms with Crippen LogP contribution in [0.4, 0.5) is 0 Å². The van der Waals surface area contributed by atoms with E-state index in [2.05, 4.69) is 34.8 Å². The standard InChI is InChI=1S/C12H23N5O/c1-5-10(4)14-12(18)8-17-7-11(15-16-17)6-13-9(2)3/h7,9-10,13H,5-6,8H2,1-4H3,(H,14,18). The first-order valence-corrected chi connectivity index (χ1v) is 6.43.